The Hall–Kier alpha value is -1.81. The highest BCUT2D eigenvalue weighted by Crippen LogP contribution is 2.29. The highest BCUT2D eigenvalue weighted by Gasteiger charge is 2.22. The fourth-order valence-corrected chi connectivity index (χ4v) is 2.87. The number of hydrogen-bond donors (Lipinski definition) is 0. The molecule has 0 aliphatic carbocycles. The normalized spacial score (nSPS) is 20.3. The number of ether oxygens (including phenoxy) is 2. The maximum atomic E-state index is 5.79. The Morgan fingerprint density at radius 3 is 2.39 bits per heavy atom. The van der Waals surface area contributed by atoms with Gasteiger partial charge in [0, 0.05) is 30.4 Å². The molecule has 0 N–H and O–H groups in total. The van der Waals surface area contributed by atoms with E-state index in [1.165, 1.54) is 5.69 Å². The van der Waals surface area contributed by atoms with Gasteiger partial charge in [-0.05, 0) is 38.1 Å². The molecule has 0 amide bonds. The summed E-state index contributed by atoms with van der Waals surface area (Å²) < 4.78 is 11.2. The summed E-state index contributed by atoms with van der Waals surface area (Å²) in [5.74, 6) is 0.867. The number of nitrogens with zero attached hydrogens (tertiary/aromatic N) is 2. The molecule has 1 aromatic carbocycles. The van der Waals surface area contributed by atoms with Crippen molar-refractivity contribution in [1.82, 2.24) is 4.98 Å². The Bertz CT molecular complexity index is 605. The summed E-state index contributed by atoms with van der Waals surface area (Å²) >= 11 is 0. The Labute approximate surface area is 140 Å². The van der Waals surface area contributed by atoms with Gasteiger partial charge in [-0.15, -0.1) is 0 Å². The zero-order chi connectivity index (χ0) is 16.1. The second-order valence-corrected chi connectivity index (χ2v) is 5.38. The minimum Gasteiger partial charge on any atom is -0.496 e. The molecule has 1 fully saturated rings. The highest BCUT2D eigenvalue weighted by molar-refractivity contribution is 5.88. The van der Waals surface area contributed by atoms with Gasteiger partial charge in [0.05, 0.1) is 24.8 Å². The van der Waals surface area contributed by atoms with Crippen molar-refractivity contribution in [2.45, 2.75) is 47.3 Å². The Morgan fingerprint density at radius 2 is 1.78 bits per heavy atom. The summed E-state index contributed by atoms with van der Waals surface area (Å²) in [6.45, 7) is 10.1. The third kappa shape index (κ3) is 4.35. The standard InChI is InChI=1S/C16H20N2O2.C2H6.CH4/c1-11-9-18(10-12(2)20-11)13-4-5-15-14(8-13)16(19-3)6-7-17-15;1-2;/h4-8,11-12H,9-10H2,1-3H3;1-2H3;1H4. The van der Waals surface area contributed by atoms with Crippen molar-refractivity contribution in [2.75, 3.05) is 25.1 Å². The van der Waals surface area contributed by atoms with Crippen molar-refractivity contribution in [3.8, 4) is 5.75 Å². The van der Waals surface area contributed by atoms with Crippen LogP contribution in [0.25, 0.3) is 10.9 Å². The van der Waals surface area contributed by atoms with E-state index in [-0.39, 0.29) is 19.6 Å². The lowest BCUT2D eigenvalue weighted by atomic mass is 10.1. The van der Waals surface area contributed by atoms with Crippen molar-refractivity contribution in [1.29, 1.82) is 0 Å². The molecule has 23 heavy (non-hydrogen) atoms. The lowest BCUT2D eigenvalue weighted by Crippen LogP contribution is -2.45. The molecule has 0 spiro atoms. The maximum absolute atomic E-state index is 5.79. The van der Waals surface area contributed by atoms with Crippen molar-refractivity contribution in [2.24, 2.45) is 0 Å². The molecule has 0 saturated carbocycles. The highest BCUT2D eigenvalue weighted by atomic mass is 16.5. The minimum absolute atomic E-state index is 0. The molecule has 1 saturated heterocycles. The smallest absolute Gasteiger partial charge is 0.129 e. The predicted molar refractivity (Wildman–Crippen MR) is 98.6 cm³/mol. The van der Waals surface area contributed by atoms with Gasteiger partial charge in [-0.1, -0.05) is 21.3 Å². The van der Waals surface area contributed by atoms with Crippen LogP contribution >= 0.6 is 0 Å². The molecule has 0 radical (unpaired) electrons. The third-order valence-electron chi connectivity index (χ3n) is 3.69. The van der Waals surface area contributed by atoms with Crippen LogP contribution < -0.4 is 9.64 Å². The average Bonchev–Trinajstić information content (AvgIpc) is 2.54. The second-order valence-electron chi connectivity index (χ2n) is 5.38. The molecule has 2 aromatic rings. The van der Waals surface area contributed by atoms with E-state index in [4.69, 9.17) is 9.47 Å². The van der Waals surface area contributed by atoms with E-state index in [0.717, 1.165) is 29.7 Å². The molecule has 1 aromatic heterocycles. The second kappa shape index (κ2) is 8.73. The topological polar surface area (TPSA) is 34.6 Å². The first kappa shape index (κ1) is 19.2. The molecule has 1 aliphatic heterocycles. The molecule has 4 heteroatoms. The number of hydrogen-bond acceptors (Lipinski definition) is 4. The van der Waals surface area contributed by atoms with E-state index in [2.05, 4.69) is 41.9 Å². The van der Waals surface area contributed by atoms with Gasteiger partial charge in [0.2, 0.25) is 0 Å². The molecular formula is C19H30N2O2. The van der Waals surface area contributed by atoms with E-state index in [9.17, 15) is 0 Å². The van der Waals surface area contributed by atoms with E-state index < -0.39 is 0 Å². The lowest BCUT2D eigenvalue weighted by Gasteiger charge is -2.37. The summed E-state index contributed by atoms with van der Waals surface area (Å²) in [6, 6.07) is 8.24. The molecule has 3 rings (SSSR count). The summed E-state index contributed by atoms with van der Waals surface area (Å²) in [5.41, 5.74) is 2.16. The van der Waals surface area contributed by atoms with E-state index in [0.29, 0.717) is 0 Å². The summed E-state index contributed by atoms with van der Waals surface area (Å²) in [6.07, 6.45) is 2.29. The molecule has 2 atom stereocenters. The van der Waals surface area contributed by atoms with E-state index >= 15 is 0 Å². The quantitative estimate of drug-likeness (QED) is 0.815. The first-order chi connectivity index (χ1) is 10.7. The van der Waals surface area contributed by atoms with Gasteiger partial charge in [-0.3, -0.25) is 4.98 Å². The van der Waals surface area contributed by atoms with Crippen molar-refractivity contribution >= 4 is 16.6 Å². The van der Waals surface area contributed by atoms with Crippen molar-refractivity contribution < 1.29 is 9.47 Å². The van der Waals surface area contributed by atoms with Crippen LogP contribution in [-0.4, -0.2) is 37.4 Å². The third-order valence-corrected chi connectivity index (χ3v) is 3.69. The molecule has 2 unspecified atom stereocenters. The molecule has 4 nitrogen and oxygen atoms in total. The number of methoxy groups -OCH3 is 1. The van der Waals surface area contributed by atoms with E-state index in [1.54, 1.807) is 13.3 Å². The van der Waals surface area contributed by atoms with Gasteiger partial charge in [-0.25, -0.2) is 0 Å². The van der Waals surface area contributed by atoms with Gasteiger partial charge in [0.25, 0.3) is 0 Å². The lowest BCUT2D eigenvalue weighted by molar-refractivity contribution is -0.00520. The van der Waals surface area contributed by atoms with Crippen LogP contribution in [0.4, 0.5) is 5.69 Å². The molecule has 1 aliphatic rings. The number of fused-ring (bicyclic) bond motifs is 1. The molecule has 128 valence electrons. The number of rotatable bonds is 2. The average molecular weight is 318 g/mol. The Balaban J connectivity index is 0.000000849. The zero-order valence-electron chi connectivity index (χ0n) is 14.2. The summed E-state index contributed by atoms with van der Waals surface area (Å²) in [4.78, 5) is 6.75. The van der Waals surface area contributed by atoms with Gasteiger partial charge < -0.3 is 14.4 Å². The number of benzene rings is 1. The number of morpholine rings is 1. The van der Waals surface area contributed by atoms with E-state index in [1.807, 2.05) is 19.9 Å². The van der Waals surface area contributed by atoms with Crippen molar-refractivity contribution in [3.05, 3.63) is 30.5 Å². The zero-order valence-corrected chi connectivity index (χ0v) is 14.2. The first-order valence-electron chi connectivity index (χ1n) is 8.00. The fourth-order valence-electron chi connectivity index (χ4n) is 2.87. The van der Waals surface area contributed by atoms with Crippen LogP contribution in [0.3, 0.4) is 0 Å². The van der Waals surface area contributed by atoms with Gasteiger partial charge >= 0.3 is 0 Å². The summed E-state index contributed by atoms with van der Waals surface area (Å²) in [5, 5.41) is 1.05. The largest absolute Gasteiger partial charge is 0.496 e. The Morgan fingerprint density at radius 1 is 1.13 bits per heavy atom. The Kier molecular flexibility index (Phi) is 7.30. The van der Waals surface area contributed by atoms with Crippen LogP contribution in [0, 0.1) is 0 Å². The minimum atomic E-state index is 0. The fraction of sp³-hybridized carbons (Fsp3) is 0.526. The van der Waals surface area contributed by atoms with Crippen LogP contribution in [0.2, 0.25) is 0 Å². The van der Waals surface area contributed by atoms with Gasteiger partial charge in [0.15, 0.2) is 0 Å². The van der Waals surface area contributed by atoms with Crippen LogP contribution in [-0.2, 0) is 4.74 Å². The molecule has 2 heterocycles. The number of anilines is 1. The van der Waals surface area contributed by atoms with Gasteiger partial charge in [-0.2, -0.15) is 0 Å². The van der Waals surface area contributed by atoms with Crippen LogP contribution in [0.5, 0.6) is 5.75 Å². The molecule has 0 bridgehead atoms. The monoisotopic (exact) mass is 318 g/mol. The van der Waals surface area contributed by atoms with Crippen LogP contribution in [0.15, 0.2) is 30.5 Å². The number of pyridine rings is 1. The first-order valence-corrected chi connectivity index (χ1v) is 8.00. The maximum Gasteiger partial charge on any atom is 0.129 e. The molecular weight excluding hydrogens is 288 g/mol. The summed E-state index contributed by atoms with van der Waals surface area (Å²) in [7, 11) is 1.69. The van der Waals surface area contributed by atoms with Crippen molar-refractivity contribution in [3.63, 3.8) is 0 Å². The van der Waals surface area contributed by atoms with Gasteiger partial charge in [0.1, 0.15) is 5.75 Å². The predicted octanol–water partition coefficient (Wildman–Crippen LogP) is 4.52. The SMILES string of the molecule is C.CC.COc1ccnc2ccc(N3CC(C)OC(C)C3)cc12. The number of aromatic nitrogens is 1. The van der Waals surface area contributed by atoms with Crippen LogP contribution in [0.1, 0.15) is 35.1 Å².